The zero-order valence-corrected chi connectivity index (χ0v) is 27.6. The van der Waals surface area contributed by atoms with Gasteiger partial charge < -0.3 is 19.9 Å². The number of aliphatic hydroxyl groups is 1. The van der Waals surface area contributed by atoms with Gasteiger partial charge in [0.05, 0.1) is 18.8 Å². The maximum absolute atomic E-state index is 14.2. The lowest BCUT2D eigenvalue weighted by molar-refractivity contribution is -0.252. The molecule has 0 unspecified atom stereocenters. The molecule has 0 saturated carbocycles. The van der Waals surface area contributed by atoms with Crippen molar-refractivity contribution in [3.05, 3.63) is 166 Å². The van der Waals surface area contributed by atoms with Gasteiger partial charge in [0.15, 0.2) is 29.6 Å². The van der Waals surface area contributed by atoms with Gasteiger partial charge in [-0.15, -0.1) is 0 Å². The third kappa shape index (κ3) is 8.34. The van der Waals surface area contributed by atoms with Crippen LogP contribution in [0, 0.1) is 29.1 Å². The minimum Gasteiger partial charge on any atom is -0.392 e. The summed E-state index contributed by atoms with van der Waals surface area (Å²) in [7, 11) is 2.05. The van der Waals surface area contributed by atoms with Crippen molar-refractivity contribution in [3.8, 4) is 11.1 Å². The van der Waals surface area contributed by atoms with E-state index in [-0.39, 0.29) is 25.4 Å². The average Bonchev–Trinajstić information content (AvgIpc) is 3.16. The van der Waals surface area contributed by atoms with Crippen molar-refractivity contribution in [3.63, 3.8) is 0 Å². The molecule has 0 aliphatic carbocycles. The molecule has 51 heavy (non-hydrogen) atoms. The van der Waals surface area contributed by atoms with Gasteiger partial charge in [-0.2, -0.15) is 0 Å². The normalized spacial score (nSPS) is 17.5. The number of carbonyl (C=O) groups excluding carboxylic acids is 1. The third-order valence-corrected chi connectivity index (χ3v) is 8.73. The number of nitrogens with one attached hydrogen (secondary N) is 1. The molecule has 1 fully saturated rings. The smallest absolute Gasteiger partial charge is 0.257 e. The number of benzene rings is 5. The summed E-state index contributed by atoms with van der Waals surface area (Å²) in [4.78, 5) is 14.7. The fourth-order valence-electron chi connectivity index (χ4n) is 6.14. The molecule has 1 aliphatic rings. The molecule has 6 nitrogen and oxygen atoms in total. The number of rotatable bonds is 11. The summed E-state index contributed by atoms with van der Waals surface area (Å²) in [6.07, 6.45) is -0.541. The quantitative estimate of drug-likeness (QED) is 0.0827. The predicted molar refractivity (Wildman–Crippen MR) is 180 cm³/mol. The first-order chi connectivity index (χ1) is 24.6. The zero-order valence-electron chi connectivity index (χ0n) is 27.6. The van der Waals surface area contributed by atoms with Crippen molar-refractivity contribution in [1.82, 2.24) is 10.2 Å². The monoisotopic (exact) mass is 702 g/mol. The lowest BCUT2D eigenvalue weighted by Crippen LogP contribution is -2.37. The van der Waals surface area contributed by atoms with Gasteiger partial charge in [-0.1, -0.05) is 91.0 Å². The Labute approximate surface area is 292 Å². The van der Waals surface area contributed by atoms with E-state index >= 15 is 0 Å². The largest absolute Gasteiger partial charge is 0.392 e. The molecule has 1 aliphatic heterocycles. The number of hydrogen-bond donors (Lipinski definition) is 2. The van der Waals surface area contributed by atoms with Crippen molar-refractivity contribution in [2.75, 3.05) is 13.6 Å². The van der Waals surface area contributed by atoms with Crippen molar-refractivity contribution >= 4 is 5.91 Å². The second kappa shape index (κ2) is 15.9. The van der Waals surface area contributed by atoms with Gasteiger partial charge in [0.2, 0.25) is 5.82 Å². The number of halogens is 5. The van der Waals surface area contributed by atoms with Gasteiger partial charge in [-0.25, -0.2) is 22.0 Å². The molecule has 0 bridgehead atoms. The van der Waals surface area contributed by atoms with E-state index in [1.165, 1.54) is 5.56 Å². The summed E-state index contributed by atoms with van der Waals surface area (Å²) in [6.45, 7) is 1.10. The summed E-state index contributed by atoms with van der Waals surface area (Å²) >= 11 is 0. The first-order valence-corrected chi connectivity index (χ1v) is 16.3. The number of ether oxygens (including phenoxy) is 2. The number of aliphatic hydroxyl groups excluding tert-OH is 1. The third-order valence-electron chi connectivity index (χ3n) is 8.73. The van der Waals surface area contributed by atoms with E-state index in [0.29, 0.717) is 18.5 Å². The van der Waals surface area contributed by atoms with Crippen LogP contribution in [0.1, 0.15) is 57.0 Å². The number of nitrogens with zero attached hydrogens (tertiary/aromatic N) is 1. The van der Waals surface area contributed by atoms with Crippen LogP contribution >= 0.6 is 0 Å². The molecule has 1 heterocycles. The van der Waals surface area contributed by atoms with Gasteiger partial charge >= 0.3 is 0 Å². The minimum atomic E-state index is -2.33. The molecule has 5 aromatic rings. The SMILES string of the molecule is CN(Cc1ccccc1)C[C@@H]1C[C@H](c2ccc(CO)cc2)O[C@H](c2cccc(-c3cccc(CNC(=O)c4c(F)c(F)c(F)c(F)c4F)c3)c2)O1. The molecule has 264 valence electrons. The topological polar surface area (TPSA) is 71.0 Å². The molecule has 1 saturated heterocycles. The molecule has 3 atom stereocenters. The van der Waals surface area contributed by atoms with E-state index in [1.807, 2.05) is 79.8 Å². The van der Waals surface area contributed by atoms with Crippen LogP contribution in [-0.4, -0.2) is 35.6 Å². The minimum absolute atomic E-state index is 0.0594. The fourth-order valence-corrected chi connectivity index (χ4v) is 6.14. The highest BCUT2D eigenvalue weighted by Crippen LogP contribution is 2.39. The summed E-state index contributed by atoms with van der Waals surface area (Å²) in [5.41, 5.74) is 4.23. The highest BCUT2D eigenvalue weighted by Gasteiger charge is 2.33. The standard InChI is InChI=1S/C40H35F5N2O4/c1-47(21-24-7-3-2-4-8-24)22-31-19-32(27-15-13-25(23-48)14-16-27)51-40(50-31)30-12-6-11-29(18-30)28-10-5-9-26(17-28)20-46-39(49)33-34(41)36(43)38(45)37(44)35(33)42/h2-18,31-32,40,48H,19-23H2,1H3,(H,46,49)/t31-,32+,40+/m0/s1. The summed E-state index contributed by atoms with van der Waals surface area (Å²) in [6, 6.07) is 32.4. The van der Waals surface area contributed by atoms with E-state index in [9.17, 15) is 31.9 Å². The van der Waals surface area contributed by atoms with Crippen LogP contribution in [0.25, 0.3) is 11.1 Å². The van der Waals surface area contributed by atoms with Crippen LogP contribution in [-0.2, 0) is 29.2 Å². The zero-order chi connectivity index (χ0) is 36.1. The van der Waals surface area contributed by atoms with Gasteiger partial charge in [0, 0.05) is 31.6 Å². The van der Waals surface area contributed by atoms with Crippen molar-refractivity contribution in [2.24, 2.45) is 0 Å². The van der Waals surface area contributed by atoms with Crippen LogP contribution in [0.3, 0.4) is 0 Å². The first kappa shape index (κ1) is 35.9. The van der Waals surface area contributed by atoms with Gasteiger partial charge in [-0.05, 0) is 52.6 Å². The Balaban J connectivity index is 1.20. The number of hydrogen-bond acceptors (Lipinski definition) is 5. The molecule has 2 N–H and O–H groups in total. The molecule has 0 spiro atoms. The lowest BCUT2D eigenvalue weighted by Gasteiger charge is -2.38. The summed E-state index contributed by atoms with van der Waals surface area (Å²) in [5.74, 6) is -12.6. The second-order valence-corrected chi connectivity index (χ2v) is 12.5. The Kier molecular flexibility index (Phi) is 11.2. The second-order valence-electron chi connectivity index (χ2n) is 12.5. The Morgan fingerprint density at radius 2 is 1.35 bits per heavy atom. The van der Waals surface area contributed by atoms with Crippen LogP contribution in [0.2, 0.25) is 0 Å². The van der Waals surface area contributed by atoms with E-state index in [2.05, 4.69) is 22.3 Å². The van der Waals surface area contributed by atoms with Gasteiger partial charge in [0.25, 0.3) is 5.91 Å². The molecule has 0 radical (unpaired) electrons. The summed E-state index contributed by atoms with van der Waals surface area (Å²) in [5, 5.41) is 11.8. The molecule has 6 rings (SSSR count). The molecule has 1 amide bonds. The van der Waals surface area contributed by atoms with E-state index < -0.39 is 46.8 Å². The van der Waals surface area contributed by atoms with E-state index in [1.54, 1.807) is 18.2 Å². The highest BCUT2D eigenvalue weighted by atomic mass is 19.2. The highest BCUT2D eigenvalue weighted by molar-refractivity contribution is 5.94. The maximum atomic E-state index is 14.2. The summed E-state index contributed by atoms with van der Waals surface area (Å²) < 4.78 is 82.2. The number of carbonyl (C=O) groups is 1. The molecular formula is C40H35F5N2O4. The first-order valence-electron chi connectivity index (χ1n) is 16.3. The molecular weight excluding hydrogens is 667 g/mol. The molecule has 11 heteroatoms. The van der Waals surface area contributed by atoms with E-state index in [0.717, 1.165) is 34.4 Å². The van der Waals surface area contributed by atoms with Crippen LogP contribution in [0.5, 0.6) is 0 Å². The molecule has 0 aromatic heterocycles. The predicted octanol–water partition coefficient (Wildman–Crippen LogP) is 8.15. The van der Waals surface area contributed by atoms with E-state index in [4.69, 9.17) is 9.47 Å². The van der Waals surface area contributed by atoms with Crippen molar-refractivity contribution in [1.29, 1.82) is 0 Å². The van der Waals surface area contributed by atoms with Crippen LogP contribution < -0.4 is 5.32 Å². The number of likely N-dealkylation sites (N-methyl/N-ethyl adjacent to an activating group) is 1. The Hall–Kier alpha value is -4.94. The Morgan fingerprint density at radius 3 is 2.04 bits per heavy atom. The maximum Gasteiger partial charge on any atom is 0.257 e. The fraction of sp³-hybridized carbons (Fsp3) is 0.225. The lowest BCUT2D eigenvalue weighted by atomic mass is 9.98. The average molecular weight is 703 g/mol. The van der Waals surface area contributed by atoms with Crippen molar-refractivity contribution in [2.45, 2.75) is 44.6 Å². The van der Waals surface area contributed by atoms with Gasteiger partial charge in [0.1, 0.15) is 5.56 Å². The van der Waals surface area contributed by atoms with Crippen LogP contribution in [0.15, 0.2) is 103 Å². The van der Waals surface area contributed by atoms with Gasteiger partial charge in [-0.3, -0.25) is 9.69 Å². The van der Waals surface area contributed by atoms with Crippen LogP contribution in [0.4, 0.5) is 22.0 Å². The Morgan fingerprint density at radius 1 is 0.725 bits per heavy atom. The van der Waals surface area contributed by atoms with Crippen molar-refractivity contribution < 1.29 is 41.3 Å². The Bertz CT molecular complexity index is 1960. The molecule has 5 aromatic carbocycles. The number of amides is 1.